The van der Waals surface area contributed by atoms with Gasteiger partial charge in [-0.1, -0.05) is 48.6 Å². The number of allylic oxidation sites excluding steroid dienone is 2. The minimum absolute atomic E-state index is 0.0825. The van der Waals surface area contributed by atoms with E-state index in [1.807, 2.05) is 37.3 Å². The third-order valence-electron chi connectivity index (χ3n) is 5.47. The Balaban J connectivity index is 1.33. The van der Waals surface area contributed by atoms with E-state index < -0.39 is 0 Å². The van der Waals surface area contributed by atoms with Crippen molar-refractivity contribution in [3.8, 4) is 5.75 Å². The van der Waals surface area contributed by atoms with Crippen LogP contribution in [-0.2, 0) is 9.53 Å². The van der Waals surface area contributed by atoms with Crippen molar-refractivity contribution in [1.29, 1.82) is 0 Å². The number of carbonyl (C=O) groups excluding carboxylic acids is 1. The number of benzene rings is 2. The highest BCUT2D eigenvalue weighted by Crippen LogP contribution is 2.52. The van der Waals surface area contributed by atoms with Gasteiger partial charge in [0.2, 0.25) is 0 Å². The lowest BCUT2D eigenvalue weighted by atomic mass is 9.78. The molecule has 1 fully saturated rings. The molecule has 2 aromatic carbocycles. The van der Waals surface area contributed by atoms with Gasteiger partial charge in [0.15, 0.2) is 0 Å². The maximum Gasteiger partial charge on any atom is 0.312 e. The minimum Gasteiger partial charge on any atom is -0.489 e. The van der Waals surface area contributed by atoms with E-state index in [9.17, 15) is 4.79 Å². The van der Waals surface area contributed by atoms with Crippen molar-refractivity contribution in [3.63, 3.8) is 0 Å². The lowest BCUT2D eigenvalue weighted by molar-refractivity contribution is -0.157. The molecule has 2 aliphatic carbocycles. The number of rotatable bonds is 5. The third kappa shape index (κ3) is 2.58. The van der Waals surface area contributed by atoms with Crippen molar-refractivity contribution in [2.75, 3.05) is 13.2 Å². The molecule has 0 N–H and O–H groups in total. The zero-order valence-electron chi connectivity index (χ0n) is 13.9. The Hall–Kier alpha value is -2.29. The fourth-order valence-corrected chi connectivity index (χ4v) is 4.10. The molecule has 3 heteroatoms. The Labute approximate surface area is 142 Å². The molecule has 2 aromatic rings. The molecule has 3 nitrogen and oxygen atoms in total. The van der Waals surface area contributed by atoms with E-state index in [2.05, 4.69) is 24.3 Å². The predicted octanol–water partition coefficient (Wildman–Crippen LogP) is 4.36. The van der Waals surface area contributed by atoms with E-state index in [-0.39, 0.29) is 11.4 Å². The van der Waals surface area contributed by atoms with Gasteiger partial charge in [0.05, 0.1) is 5.41 Å². The normalized spacial score (nSPS) is 27.5. The van der Waals surface area contributed by atoms with Gasteiger partial charge in [-0.25, -0.2) is 0 Å². The van der Waals surface area contributed by atoms with Crippen LogP contribution in [0.5, 0.6) is 5.75 Å². The van der Waals surface area contributed by atoms with Gasteiger partial charge in [0, 0.05) is 5.39 Å². The van der Waals surface area contributed by atoms with Gasteiger partial charge in [0.25, 0.3) is 0 Å². The molecule has 4 rings (SSSR count). The van der Waals surface area contributed by atoms with Crippen LogP contribution >= 0.6 is 0 Å². The summed E-state index contributed by atoms with van der Waals surface area (Å²) >= 11 is 0. The van der Waals surface area contributed by atoms with E-state index >= 15 is 0 Å². The molecular weight excluding hydrogens is 300 g/mol. The number of carbonyl (C=O) groups is 1. The fourth-order valence-electron chi connectivity index (χ4n) is 4.10. The maximum absolute atomic E-state index is 12.5. The molecule has 24 heavy (non-hydrogen) atoms. The Bertz CT molecular complexity index is 789. The molecule has 3 atom stereocenters. The van der Waals surface area contributed by atoms with Crippen LogP contribution in [0.3, 0.4) is 0 Å². The lowest BCUT2D eigenvalue weighted by Gasteiger charge is -2.28. The number of hydrogen-bond donors (Lipinski definition) is 0. The quantitative estimate of drug-likeness (QED) is 0.466. The van der Waals surface area contributed by atoms with Crippen LogP contribution in [0.2, 0.25) is 0 Å². The molecule has 0 amide bonds. The van der Waals surface area contributed by atoms with E-state index in [0.717, 1.165) is 29.4 Å². The van der Waals surface area contributed by atoms with Gasteiger partial charge in [0.1, 0.15) is 19.0 Å². The molecule has 2 bridgehead atoms. The molecule has 0 aromatic heterocycles. The van der Waals surface area contributed by atoms with Crippen LogP contribution in [0.25, 0.3) is 10.8 Å². The zero-order chi connectivity index (χ0) is 16.6. The fraction of sp³-hybridized carbons (Fsp3) is 0.381. The summed E-state index contributed by atoms with van der Waals surface area (Å²) in [6.07, 6.45) is 6.43. The number of fused-ring (bicyclic) bond motifs is 3. The van der Waals surface area contributed by atoms with Gasteiger partial charge < -0.3 is 9.47 Å². The molecule has 0 aliphatic heterocycles. The van der Waals surface area contributed by atoms with Crippen molar-refractivity contribution < 1.29 is 14.3 Å². The molecule has 0 heterocycles. The first kappa shape index (κ1) is 15.3. The molecule has 0 radical (unpaired) electrons. The summed E-state index contributed by atoms with van der Waals surface area (Å²) in [6.45, 7) is 2.70. The van der Waals surface area contributed by atoms with Crippen molar-refractivity contribution >= 4 is 16.7 Å². The maximum atomic E-state index is 12.5. The summed E-state index contributed by atoms with van der Waals surface area (Å²) in [5.41, 5.74) is -0.348. The molecule has 1 saturated carbocycles. The topological polar surface area (TPSA) is 35.5 Å². The Morgan fingerprint density at radius 2 is 1.96 bits per heavy atom. The van der Waals surface area contributed by atoms with Crippen LogP contribution < -0.4 is 4.74 Å². The first-order valence-corrected chi connectivity index (χ1v) is 8.63. The second-order valence-electron chi connectivity index (χ2n) is 7.07. The van der Waals surface area contributed by atoms with Gasteiger partial charge in [-0.15, -0.1) is 0 Å². The van der Waals surface area contributed by atoms with Crippen LogP contribution in [-0.4, -0.2) is 19.2 Å². The molecule has 124 valence electrons. The van der Waals surface area contributed by atoms with Crippen molar-refractivity contribution in [1.82, 2.24) is 0 Å². The summed E-state index contributed by atoms with van der Waals surface area (Å²) in [6, 6.07) is 14.1. The van der Waals surface area contributed by atoms with Gasteiger partial charge >= 0.3 is 5.97 Å². The molecular formula is C21H22O3. The number of esters is 1. The highest BCUT2D eigenvalue weighted by atomic mass is 16.6. The summed E-state index contributed by atoms with van der Waals surface area (Å²) in [5.74, 6) is 1.65. The van der Waals surface area contributed by atoms with Gasteiger partial charge in [-0.05, 0) is 43.1 Å². The van der Waals surface area contributed by atoms with Gasteiger partial charge in [-0.2, -0.15) is 0 Å². The zero-order valence-corrected chi connectivity index (χ0v) is 13.9. The standard InChI is InChI=1S/C21H22O3/c1-21(14-15-9-10-17(21)13-15)20(22)24-12-11-23-19-8-4-6-16-5-2-3-7-18(16)19/h2-10,15,17H,11-14H2,1H3. The number of hydrogen-bond acceptors (Lipinski definition) is 3. The smallest absolute Gasteiger partial charge is 0.312 e. The summed E-state index contributed by atoms with van der Waals surface area (Å²) in [7, 11) is 0. The first-order valence-electron chi connectivity index (χ1n) is 8.63. The summed E-state index contributed by atoms with van der Waals surface area (Å²) in [5, 5.41) is 2.23. The predicted molar refractivity (Wildman–Crippen MR) is 93.9 cm³/mol. The SMILES string of the molecule is CC1(C(=O)OCCOc2cccc3ccccc23)CC2C=CC1C2. The van der Waals surface area contributed by atoms with E-state index in [4.69, 9.17) is 9.47 Å². The van der Waals surface area contributed by atoms with Crippen LogP contribution in [0, 0.1) is 17.3 Å². The largest absolute Gasteiger partial charge is 0.489 e. The summed E-state index contributed by atoms with van der Waals surface area (Å²) in [4.78, 5) is 12.5. The highest BCUT2D eigenvalue weighted by Gasteiger charge is 2.50. The Morgan fingerprint density at radius 1 is 1.12 bits per heavy atom. The minimum atomic E-state index is -0.348. The van der Waals surface area contributed by atoms with Crippen LogP contribution in [0.15, 0.2) is 54.6 Å². The summed E-state index contributed by atoms with van der Waals surface area (Å²) < 4.78 is 11.4. The van der Waals surface area contributed by atoms with Crippen molar-refractivity contribution in [3.05, 3.63) is 54.6 Å². The van der Waals surface area contributed by atoms with E-state index in [0.29, 0.717) is 25.0 Å². The molecule has 0 saturated heterocycles. The average molecular weight is 322 g/mol. The van der Waals surface area contributed by atoms with Crippen molar-refractivity contribution in [2.24, 2.45) is 17.3 Å². The van der Waals surface area contributed by atoms with Crippen molar-refractivity contribution in [2.45, 2.75) is 19.8 Å². The third-order valence-corrected chi connectivity index (χ3v) is 5.47. The second-order valence-corrected chi connectivity index (χ2v) is 7.07. The molecule has 3 unspecified atom stereocenters. The second kappa shape index (κ2) is 5.97. The van der Waals surface area contributed by atoms with E-state index in [1.54, 1.807) is 0 Å². The first-order chi connectivity index (χ1) is 11.7. The average Bonchev–Trinajstić information content (AvgIpc) is 3.19. The van der Waals surface area contributed by atoms with Crippen LogP contribution in [0.1, 0.15) is 19.8 Å². The monoisotopic (exact) mass is 322 g/mol. The Kier molecular flexibility index (Phi) is 3.79. The highest BCUT2D eigenvalue weighted by molar-refractivity contribution is 5.88. The Morgan fingerprint density at radius 3 is 2.75 bits per heavy atom. The molecule has 2 aliphatic rings. The molecule has 0 spiro atoms. The van der Waals surface area contributed by atoms with Crippen LogP contribution in [0.4, 0.5) is 0 Å². The lowest BCUT2D eigenvalue weighted by Crippen LogP contribution is -2.34. The number of ether oxygens (including phenoxy) is 2. The van der Waals surface area contributed by atoms with E-state index in [1.165, 1.54) is 0 Å². The van der Waals surface area contributed by atoms with Gasteiger partial charge in [-0.3, -0.25) is 4.79 Å².